The Bertz CT molecular complexity index is 338. The van der Waals surface area contributed by atoms with E-state index in [4.69, 9.17) is 14.2 Å². The predicted octanol–water partition coefficient (Wildman–Crippen LogP) is 0.384. The number of hydrogen-bond donors (Lipinski definition) is 0. The minimum absolute atomic E-state index is 0.106. The van der Waals surface area contributed by atoms with Crippen molar-refractivity contribution >= 4 is 17.9 Å². The quantitative estimate of drug-likeness (QED) is 0.353. The zero-order valence-corrected chi connectivity index (χ0v) is 14.2. The Balaban J connectivity index is 4.22. The molecule has 0 saturated carbocycles. The summed E-state index contributed by atoms with van der Waals surface area (Å²) in [5, 5.41) is 0. The van der Waals surface area contributed by atoms with Gasteiger partial charge in [0.1, 0.15) is 13.2 Å². The Hall–Kier alpha value is -1.67. The molecule has 8 nitrogen and oxygen atoms in total. The van der Waals surface area contributed by atoms with Crippen LogP contribution in [0.5, 0.6) is 0 Å². The minimum Gasteiger partial charge on any atom is -0.466 e. The number of carbonyl (C=O) groups is 3. The van der Waals surface area contributed by atoms with Crippen molar-refractivity contribution in [2.24, 2.45) is 0 Å². The second kappa shape index (κ2) is 14.0. The second-order valence-corrected chi connectivity index (χ2v) is 4.61. The molecule has 134 valence electrons. The third-order valence-corrected chi connectivity index (χ3v) is 2.81. The molecule has 0 amide bonds. The standard InChI is InChI=1S/C15H27NO7/c1-4-21-13(17)6-8-16(9-7-14(18)22-5-2)10-11-23-15(19)12-20-3/h4-12H2,1-3H3. The van der Waals surface area contributed by atoms with Crippen molar-refractivity contribution in [3.05, 3.63) is 0 Å². The van der Waals surface area contributed by atoms with Gasteiger partial charge in [-0.3, -0.25) is 14.5 Å². The average Bonchev–Trinajstić information content (AvgIpc) is 2.50. The van der Waals surface area contributed by atoms with Gasteiger partial charge in [0.05, 0.1) is 26.1 Å². The van der Waals surface area contributed by atoms with Crippen LogP contribution >= 0.6 is 0 Å². The van der Waals surface area contributed by atoms with Crippen LogP contribution in [-0.2, 0) is 33.3 Å². The number of nitrogens with zero attached hydrogens (tertiary/aromatic N) is 1. The number of rotatable bonds is 13. The van der Waals surface area contributed by atoms with E-state index in [0.29, 0.717) is 32.8 Å². The summed E-state index contributed by atoms with van der Waals surface area (Å²) in [4.78, 5) is 35.9. The molecule has 0 aromatic heterocycles. The van der Waals surface area contributed by atoms with Crippen LogP contribution in [-0.4, -0.2) is 76.0 Å². The largest absolute Gasteiger partial charge is 0.466 e. The van der Waals surface area contributed by atoms with Gasteiger partial charge in [-0.15, -0.1) is 0 Å². The first kappa shape index (κ1) is 21.3. The van der Waals surface area contributed by atoms with Crippen molar-refractivity contribution < 1.29 is 33.3 Å². The number of carbonyl (C=O) groups excluding carboxylic acids is 3. The molecular formula is C15H27NO7. The number of hydrogen-bond acceptors (Lipinski definition) is 8. The molecule has 0 fully saturated rings. The van der Waals surface area contributed by atoms with Crippen LogP contribution in [0.3, 0.4) is 0 Å². The molecule has 0 radical (unpaired) electrons. The predicted molar refractivity (Wildman–Crippen MR) is 81.8 cm³/mol. The lowest BCUT2D eigenvalue weighted by Gasteiger charge is -2.21. The van der Waals surface area contributed by atoms with Crippen molar-refractivity contribution in [2.75, 3.05) is 53.2 Å². The lowest BCUT2D eigenvalue weighted by atomic mass is 10.3. The second-order valence-electron chi connectivity index (χ2n) is 4.61. The van der Waals surface area contributed by atoms with E-state index >= 15 is 0 Å². The first-order valence-electron chi connectivity index (χ1n) is 7.71. The van der Waals surface area contributed by atoms with Crippen LogP contribution in [0.2, 0.25) is 0 Å². The van der Waals surface area contributed by atoms with Crippen LogP contribution in [0.1, 0.15) is 26.7 Å². The Labute approximate surface area is 137 Å². The highest BCUT2D eigenvalue weighted by Gasteiger charge is 2.12. The fourth-order valence-electron chi connectivity index (χ4n) is 1.75. The SMILES string of the molecule is CCOC(=O)CCN(CCOC(=O)COC)CCC(=O)OCC. The topological polar surface area (TPSA) is 91.4 Å². The van der Waals surface area contributed by atoms with E-state index < -0.39 is 5.97 Å². The van der Waals surface area contributed by atoms with Crippen LogP contribution in [0.15, 0.2) is 0 Å². The van der Waals surface area contributed by atoms with Crippen molar-refractivity contribution in [3.8, 4) is 0 Å². The first-order chi connectivity index (χ1) is 11.0. The van der Waals surface area contributed by atoms with Gasteiger partial charge in [-0.2, -0.15) is 0 Å². The third kappa shape index (κ3) is 12.5. The fraction of sp³-hybridized carbons (Fsp3) is 0.800. The van der Waals surface area contributed by atoms with E-state index in [9.17, 15) is 14.4 Å². The average molecular weight is 333 g/mol. The summed E-state index contributed by atoms with van der Waals surface area (Å²) in [5.74, 6) is -1.06. The first-order valence-corrected chi connectivity index (χ1v) is 7.71. The summed E-state index contributed by atoms with van der Waals surface area (Å²) in [6, 6.07) is 0. The van der Waals surface area contributed by atoms with Gasteiger partial charge in [0.25, 0.3) is 0 Å². The molecule has 0 aliphatic carbocycles. The number of methoxy groups -OCH3 is 1. The molecule has 0 spiro atoms. The molecule has 0 rings (SSSR count). The molecule has 0 heterocycles. The number of esters is 3. The molecule has 0 bridgehead atoms. The van der Waals surface area contributed by atoms with Gasteiger partial charge in [-0.05, 0) is 13.8 Å². The maximum absolute atomic E-state index is 11.4. The van der Waals surface area contributed by atoms with E-state index in [-0.39, 0.29) is 38.0 Å². The highest BCUT2D eigenvalue weighted by Crippen LogP contribution is 1.99. The highest BCUT2D eigenvalue weighted by atomic mass is 16.6. The third-order valence-electron chi connectivity index (χ3n) is 2.81. The van der Waals surface area contributed by atoms with Crippen LogP contribution in [0.25, 0.3) is 0 Å². The molecule has 0 atom stereocenters. The summed E-state index contributed by atoms with van der Waals surface area (Å²) in [7, 11) is 1.41. The van der Waals surface area contributed by atoms with Crippen molar-refractivity contribution in [3.63, 3.8) is 0 Å². The molecule has 0 aromatic carbocycles. The molecule has 0 N–H and O–H groups in total. The Morgan fingerprint density at radius 3 is 1.74 bits per heavy atom. The molecule has 0 aromatic rings. The van der Waals surface area contributed by atoms with Gasteiger partial charge in [0.2, 0.25) is 0 Å². The van der Waals surface area contributed by atoms with Gasteiger partial charge < -0.3 is 18.9 Å². The van der Waals surface area contributed by atoms with Crippen LogP contribution < -0.4 is 0 Å². The minimum atomic E-state index is -0.455. The summed E-state index contributed by atoms with van der Waals surface area (Å²) in [6.45, 7) is 5.44. The molecule has 8 heteroatoms. The normalized spacial score (nSPS) is 10.4. The molecule has 23 heavy (non-hydrogen) atoms. The van der Waals surface area contributed by atoms with Crippen LogP contribution in [0, 0.1) is 0 Å². The maximum atomic E-state index is 11.4. The Morgan fingerprint density at radius 1 is 0.783 bits per heavy atom. The monoisotopic (exact) mass is 333 g/mol. The smallest absolute Gasteiger partial charge is 0.332 e. The zero-order valence-electron chi connectivity index (χ0n) is 14.2. The highest BCUT2D eigenvalue weighted by molar-refractivity contribution is 5.71. The summed E-state index contributed by atoms with van der Waals surface area (Å²) < 4.78 is 19.4. The maximum Gasteiger partial charge on any atom is 0.332 e. The lowest BCUT2D eigenvalue weighted by molar-refractivity contribution is -0.149. The summed E-state index contributed by atoms with van der Waals surface area (Å²) >= 11 is 0. The Kier molecular flexibility index (Phi) is 12.9. The van der Waals surface area contributed by atoms with Crippen molar-refractivity contribution in [1.82, 2.24) is 4.90 Å². The van der Waals surface area contributed by atoms with Gasteiger partial charge in [-0.25, -0.2) is 4.79 Å². The van der Waals surface area contributed by atoms with Crippen LogP contribution in [0.4, 0.5) is 0 Å². The van der Waals surface area contributed by atoms with Crippen molar-refractivity contribution in [1.29, 1.82) is 0 Å². The van der Waals surface area contributed by atoms with Gasteiger partial charge in [0, 0.05) is 26.7 Å². The van der Waals surface area contributed by atoms with Crippen molar-refractivity contribution in [2.45, 2.75) is 26.7 Å². The van der Waals surface area contributed by atoms with E-state index in [0.717, 1.165) is 0 Å². The molecule has 0 aliphatic heterocycles. The van der Waals surface area contributed by atoms with E-state index in [1.165, 1.54) is 7.11 Å². The molecule has 0 saturated heterocycles. The van der Waals surface area contributed by atoms with Gasteiger partial charge in [-0.1, -0.05) is 0 Å². The molecule has 0 aliphatic rings. The number of ether oxygens (including phenoxy) is 4. The summed E-state index contributed by atoms with van der Waals surface area (Å²) in [6.07, 6.45) is 0.422. The lowest BCUT2D eigenvalue weighted by Crippen LogP contribution is -2.33. The Morgan fingerprint density at radius 2 is 1.30 bits per heavy atom. The molecular weight excluding hydrogens is 306 g/mol. The van der Waals surface area contributed by atoms with E-state index in [2.05, 4.69) is 4.74 Å². The zero-order chi connectivity index (χ0) is 17.5. The van der Waals surface area contributed by atoms with E-state index in [1.54, 1.807) is 13.8 Å². The summed E-state index contributed by atoms with van der Waals surface area (Å²) in [5.41, 5.74) is 0. The van der Waals surface area contributed by atoms with E-state index in [1.807, 2.05) is 4.90 Å². The van der Waals surface area contributed by atoms with Gasteiger partial charge >= 0.3 is 17.9 Å². The molecule has 0 unspecified atom stereocenters. The van der Waals surface area contributed by atoms with Gasteiger partial charge in [0.15, 0.2) is 0 Å². The fourth-order valence-corrected chi connectivity index (χ4v) is 1.75.